The van der Waals surface area contributed by atoms with Crippen molar-refractivity contribution in [3.05, 3.63) is 29.5 Å². The molecule has 0 radical (unpaired) electrons. The van der Waals surface area contributed by atoms with Crippen LogP contribution in [0.25, 0.3) is 0 Å². The van der Waals surface area contributed by atoms with E-state index in [1.165, 1.54) is 17.0 Å². The maximum Gasteiger partial charge on any atom is 0.418 e. The molecule has 1 saturated heterocycles. The van der Waals surface area contributed by atoms with Crippen LogP contribution in [0.1, 0.15) is 20.8 Å². The number of anilines is 1. The second kappa shape index (κ2) is 5.91. The maximum absolute atomic E-state index is 12.3. The van der Waals surface area contributed by atoms with Gasteiger partial charge in [-0.1, -0.05) is 0 Å². The highest BCUT2D eigenvalue weighted by atomic mass is 16.8. The number of benzene rings is 1. The van der Waals surface area contributed by atoms with Gasteiger partial charge in [-0.3, -0.25) is 4.90 Å². The molecule has 1 aliphatic heterocycles. The molecular formula is C14H19N3O5. The monoisotopic (exact) mass is 309 g/mol. The quantitative estimate of drug-likeness (QED) is 0.802. The van der Waals surface area contributed by atoms with Gasteiger partial charge in [0.25, 0.3) is 0 Å². The number of rotatable bonds is 2. The van der Waals surface area contributed by atoms with Gasteiger partial charge in [-0.25, -0.2) is 19.7 Å². The van der Waals surface area contributed by atoms with Crippen LogP contribution in [0.2, 0.25) is 0 Å². The lowest BCUT2D eigenvalue weighted by molar-refractivity contribution is -0.991. The molecule has 0 aliphatic carbocycles. The molecule has 0 spiro atoms. The van der Waals surface area contributed by atoms with Crippen molar-refractivity contribution in [2.75, 3.05) is 18.0 Å². The Morgan fingerprint density at radius 3 is 2.36 bits per heavy atom. The number of carbonyl (C=O) groups is 2. The van der Waals surface area contributed by atoms with Gasteiger partial charge in [0.2, 0.25) is 0 Å². The Hall–Kier alpha value is -2.16. The van der Waals surface area contributed by atoms with Gasteiger partial charge in [-0.15, -0.1) is 0 Å². The molecule has 1 atom stereocenters. The lowest BCUT2D eigenvalue weighted by Crippen LogP contribution is -2.99. The standard InChI is InChI=1S/C14H19N3O5/c1-14(2,3)22-13(19)16-9-8-15(12(16)18)10-4-6-11(7-5-10)17(20)21/h4-7,17,20H,8-9H2,1-3H3. The fourth-order valence-corrected chi connectivity index (χ4v) is 2.05. The highest BCUT2D eigenvalue weighted by Crippen LogP contribution is 2.22. The molecule has 8 nitrogen and oxygen atoms in total. The maximum atomic E-state index is 12.3. The predicted octanol–water partition coefficient (Wildman–Crippen LogP) is 1.27. The molecule has 22 heavy (non-hydrogen) atoms. The number of amides is 3. The van der Waals surface area contributed by atoms with Gasteiger partial charge < -0.3 is 9.94 Å². The van der Waals surface area contributed by atoms with Crippen molar-refractivity contribution >= 4 is 23.5 Å². The first-order valence-electron chi connectivity index (χ1n) is 6.84. The van der Waals surface area contributed by atoms with Crippen LogP contribution in [-0.2, 0) is 4.74 Å². The second-order valence-electron chi connectivity index (χ2n) is 5.92. The fraction of sp³-hybridized carbons (Fsp3) is 0.429. The molecule has 1 aromatic carbocycles. The van der Waals surface area contributed by atoms with Gasteiger partial charge in [0.1, 0.15) is 5.60 Å². The van der Waals surface area contributed by atoms with Crippen LogP contribution in [0, 0.1) is 5.21 Å². The van der Waals surface area contributed by atoms with Gasteiger partial charge >= 0.3 is 12.1 Å². The summed E-state index contributed by atoms with van der Waals surface area (Å²) >= 11 is 0. The van der Waals surface area contributed by atoms with E-state index in [1.54, 1.807) is 32.9 Å². The van der Waals surface area contributed by atoms with Gasteiger partial charge in [-0.2, -0.15) is 5.23 Å². The topological polar surface area (TPSA) is 97.6 Å². The Morgan fingerprint density at radius 1 is 1.27 bits per heavy atom. The molecule has 2 rings (SSSR count). The van der Waals surface area contributed by atoms with Crippen molar-refractivity contribution in [1.29, 1.82) is 0 Å². The van der Waals surface area contributed by atoms with Crippen molar-refractivity contribution in [1.82, 2.24) is 4.90 Å². The first kappa shape index (κ1) is 16.2. The number of urea groups is 1. The zero-order valence-electron chi connectivity index (χ0n) is 12.7. The number of imide groups is 1. The number of quaternary nitrogens is 1. The van der Waals surface area contributed by atoms with Crippen molar-refractivity contribution < 1.29 is 24.8 Å². The summed E-state index contributed by atoms with van der Waals surface area (Å²) < 4.78 is 5.19. The molecule has 0 aromatic heterocycles. The molecule has 1 unspecified atom stereocenters. The Bertz CT molecular complexity index is 565. The molecule has 1 aromatic rings. The molecule has 1 fully saturated rings. The van der Waals surface area contributed by atoms with E-state index in [2.05, 4.69) is 0 Å². The molecule has 1 heterocycles. The fourth-order valence-electron chi connectivity index (χ4n) is 2.05. The number of nitrogens with one attached hydrogen (secondary N) is 1. The number of carbonyl (C=O) groups excluding carboxylic acids is 2. The summed E-state index contributed by atoms with van der Waals surface area (Å²) in [5.74, 6) is 0. The summed E-state index contributed by atoms with van der Waals surface area (Å²) in [6.45, 7) is 5.76. The van der Waals surface area contributed by atoms with E-state index < -0.39 is 23.0 Å². The molecule has 120 valence electrons. The van der Waals surface area contributed by atoms with Crippen LogP contribution in [0.4, 0.5) is 21.0 Å². The van der Waals surface area contributed by atoms with Crippen LogP contribution < -0.4 is 10.1 Å². The van der Waals surface area contributed by atoms with E-state index in [9.17, 15) is 14.8 Å². The Balaban J connectivity index is 2.09. The van der Waals surface area contributed by atoms with Crippen LogP contribution >= 0.6 is 0 Å². The normalized spacial score (nSPS) is 16.9. The SMILES string of the molecule is CC(C)(C)OC(=O)N1CCN(c2ccc([NH+]([O-])O)cc2)C1=O. The van der Waals surface area contributed by atoms with Crippen LogP contribution in [0.5, 0.6) is 0 Å². The van der Waals surface area contributed by atoms with E-state index in [0.717, 1.165) is 4.90 Å². The Labute approximate surface area is 128 Å². The molecule has 1 aliphatic rings. The summed E-state index contributed by atoms with van der Waals surface area (Å²) in [5.41, 5.74) is 0.00828. The summed E-state index contributed by atoms with van der Waals surface area (Å²) in [5, 5.41) is 18.7. The zero-order valence-corrected chi connectivity index (χ0v) is 12.7. The van der Waals surface area contributed by atoms with E-state index in [4.69, 9.17) is 9.94 Å². The van der Waals surface area contributed by atoms with Gasteiger partial charge in [0.05, 0.1) is 6.54 Å². The van der Waals surface area contributed by atoms with Crippen molar-refractivity contribution in [2.24, 2.45) is 0 Å². The molecule has 0 bridgehead atoms. The predicted molar refractivity (Wildman–Crippen MR) is 77.9 cm³/mol. The van der Waals surface area contributed by atoms with Gasteiger partial charge in [0.15, 0.2) is 5.69 Å². The second-order valence-corrected chi connectivity index (χ2v) is 5.92. The number of ether oxygens (including phenoxy) is 1. The lowest BCUT2D eigenvalue weighted by Gasteiger charge is -2.23. The van der Waals surface area contributed by atoms with E-state index in [1.807, 2.05) is 0 Å². The largest absolute Gasteiger partial charge is 0.595 e. The van der Waals surface area contributed by atoms with E-state index >= 15 is 0 Å². The summed E-state index contributed by atoms with van der Waals surface area (Å²) in [7, 11) is 0. The average Bonchev–Trinajstić information content (AvgIpc) is 2.79. The minimum Gasteiger partial charge on any atom is -0.595 e. The van der Waals surface area contributed by atoms with E-state index in [-0.39, 0.29) is 12.2 Å². The van der Waals surface area contributed by atoms with E-state index in [0.29, 0.717) is 12.2 Å². The Kier molecular flexibility index (Phi) is 4.36. The zero-order chi connectivity index (χ0) is 16.5. The third-order valence-corrected chi connectivity index (χ3v) is 3.05. The minimum absolute atomic E-state index is 0.138. The summed E-state index contributed by atoms with van der Waals surface area (Å²) in [6.07, 6.45) is -0.679. The number of hydrogen-bond donors (Lipinski definition) is 2. The number of nitrogens with zero attached hydrogens (tertiary/aromatic N) is 2. The average molecular weight is 309 g/mol. The molecule has 3 amide bonds. The summed E-state index contributed by atoms with van der Waals surface area (Å²) in [4.78, 5) is 26.7. The lowest BCUT2D eigenvalue weighted by atomic mass is 10.2. The molecule has 8 heteroatoms. The van der Waals surface area contributed by atoms with Crippen LogP contribution in [-0.4, -0.2) is 40.9 Å². The molecule has 0 saturated carbocycles. The summed E-state index contributed by atoms with van der Waals surface area (Å²) in [6, 6.07) is 5.44. The Morgan fingerprint density at radius 2 is 1.86 bits per heavy atom. The first-order chi connectivity index (χ1) is 10.2. The van der Waals surface area contributed by atoms with Crippen LogP contribution in [0.15, 0.2) is 24.3 Å². The third-order valence-electron chi connectivity index (χ3n) is 3.05. The minimum atomic E-state index is -1.03. The van der Waals surface area contributed by atoms with Gasteiger partial charge in [-0.05, 0) is 32.9 Å². The van der Waals surface area contributed by atoms with Crippen molar-refractivity contribution in [2.45, 2.75) is 26.4 Å². The third kappa shape index (κ3) is 3.53. The van der Waals surface area contributed by atoms with Crippen molar-refractivity contribution in [3.8, 4) is 0 Å². The highest BCUT2D eigenvalue weighted by molar-refractivity contribution is 6.02. The van der Waals surface area contributed by atoms with Crippen molar-refractivity contribution in [3.63, 3.8) is 0 Å². The van der Waals surface area contributed by atoms with Gasteiger partial charge in [0, 0.05) is 24.4 Å². The first-order valence-corrected chi connectivity index (χ1v) is 6.84. The molecular weight excluding hydrogens is 290 g/mol. The molecule has 2 N–H and O–H groups in total. The highest BCUT2D eigenvalue weighted by Gasteiger charge is 2.36. The smallest absolute Gasteiger partial charge is 0.418 e. The van der Waals surface area contributed by atoms with Crippen LogP contribution in [0.3, 0.4) is 0 Å². The number of hydrogen-bond acceptors (Lipinski definition) is 5.